The van der Waals surface area contributed by atoms with Gasteiger partial charge in [-0.15, -0.1) is 5.10 Å². The highest BCUT2D eigenvalue weighted by Crippen LogP contribution is 2.25. The predicted molar refractivity (Wildman–Crippen MR) is 115 cm³/mol. The minimum atomic E-state index is -0.406. The van der Waals surface area contributed by atoms with Crippen molar-refractivity contribution < 1.29 is 9.13 Å². The summed E-state index contributed by atoms with van der Waals surface area (Å²) in [5.74, 6) is 0.902. The van der Waals surface area contributed by atoms with Crippen molar-refractivity contribution >= 4 is 0 Å². The molecule has 2 aromatic carbocycles. The molecule has 0 amide bonds. The largest absolute Gasteiger partial charge is 0.458 e. The molecular formula is C23H25FN6O. The second-order valence-corrected chi connectivity index (χ2v) is 8.21. The highest BCUT2D eigenvalue weighted by atomic mass is 19.1. The van der Waals surface area contributed by atoms with Crippen molar-refractivity contribution in [1.82, 2.24) is 29.5 Å². The summed E-state index contributed by atoms with van der Waals surface area (Å²) in [5.41, 5.74) is 1.29. The van der Waals surface area contributed by atoms with Crippen LogP contribution < -0.4 is 4.74 Å². The Morgan fingerprint density at radius 3 is 2.45 bits per heavy atom. The van der Waals surface area contributed by atoms with E-state index in [-0.39, 0.29) is 12.0 Å². The van der Waals surface area contributed by atoms with Gasteiger partial charge in [-0.05, 0) is 18.2 Å². The molecule has 0 atom stereocenters. The van der Waals surface area contributed by atoms with E-state index in [1.807, 2.05) is 58.0 Å². The highest BCUT2D eigenvalue weighted by molar-refractivity contribution is 5.37. The molecule has 0 fully saturated rings. The van der Waals surface area contributed by atoms with Gasteiger partial charge >= 0.3 is 6.01 Å². The van der Waals surface area contributed by atoms with Crippen LogP contribution in [-0.2, 0) is 18.4 Å². The number of hydrogen-bond donors (Lipinski definition) is 0. The van der Waals surface area contributed by atoms with Crippen LogP contribution in [0, 0.1) is 5.82 Å². The maximum atomic E-state index is 15.2. The number of para-hydroxylation sites is 1. The first-order chi connectivity index (χ1) is 14.9. The monoisotopic (exact) mass is 420 g/mol. The van der Waals surface area contributed by atoms with Gasteiger partial charge < -0.3 is 4.74 Å². The molecule has 7 nitrogen and oxygen atoms in total. The Labute approximate surface area is 180 Å². The molecule has 160 valence electrons. The fraction of sp³-hybridized carbons (Fsp3) is 0.304. The first kappa shape index (κ1) is 20.7. The highest BCUT2D eigenvalue weighted by Gasteiger charge is 2.23. The molecule has 0 spiro atoms. The van der Waals surface area contributed by atoms with E-state index in [4.69, 9.17) is 4.74 Å². The van der Waals surface area contributed by atoms with Crippen LogP contribution in [0.5, 0.6) is 6.01 Å². The maximum absolute atomic E-state index is 15.2. The molecule has 8 heteroatoms. The van der Waals surface area contributed by atoms with Crippen LogP contribution in [0.4, 0.5) is 4.39 Å². The van der Waals surface area contributed by atoms with Gasteiger partial charge in [-0.1, -0.05) is 58.0 Å². The molecule has 0 aliphatic heterocycles. The zero-order valence-electron chi connectivity index (χ0n) is 18.1. The van der Waals surface area contributed by atoms with E-state index < -0.39 is 5.82 Å². The van der Waals surface area contributed by atoms with E-state index in [0.717, 1.165) is 5.69 Å². The molecule has 0 aliphatic rings. The Hall–Kier alpha value is -3.55. The van der Waals surface area contributed by atoms with E-state index in [9.17, 15) is 0 Å². The average molecular weight is 420 g/mol. The summed E-state index contributed by atoms with van der Waals surface area (Å²) in [6.07, 6.45) is 2.20. The third kappa shape index (κ3) is 4.33. The minimum absolute atomic E-state index is 0.00408. The van der Waals surface area contributed by atoms with Gasteiger partial charge in [0.05, 0.1) is 5.69 Å². The zero-order chi connectivity index (χ0) is 22.0. The number of hydrogen-bond acceptors (Lipinski definition) is 5. The van der Waals surface area contributed by atoms with Crippen LogP contribution in [0.2, 0.25) is 0 Å². The molecule has 31 heavy (non-hydrogen) atoms. The molecule has 0 saturated carbocycles. The van der Waals surface area contributed by atoms with Gasteiger partial charge in [0.25, 0.3) is 0 Å². The molecule has 0 N–H and O–H groups in total. The van der Waals surface area contributed by atoms with Crippen LogP contribution in [0.3, 0.4) is 0 Å². The first-order valence-electron chi connectivity index (χ1n) is 10.2. The number of nitrogens with zero attached hydrogens (tertiary/aromatic N) is 6. The van der Waals surface area contributed by atoms with Crippen molar-refractivity contribution in [3.8, 4) is 17.4 Å². The Morgan fingerprint density at radius 2 is 1.77 bits per heavy atom. The number of benzene rings is 2. The topological polar surface area (TPSA) is 70.7 Å². The number of halogens is 1. The Morgan fingerprint density at radius 1 is 1.00 bits per heavy atom. The summed E-state index contributed by atoms with van der Waals surface area (Å²) >= 11 is 0. The van der Waals surface area contributed by atoms with Gasteiger partial charge in [0.2, 0.25) is 0 Å². The van der Waals surface area contributed by atoms with Gasteiger partial charge in [-0.25, -0.2) is 14.1 Å². The van der Waals surface area contributed by atoms with Crippen molar-refractivity contribution in [1.29, 1.82) is 0 Å². The summed E-state index contributed by atoms with van der Waals surface area (Å²) in [6.45, 7) is 8.06. The van der Waals surface area contributed by atoms with Crippen molar-refractivity contribution in [2.45, 2.75) is 46.1 Å². The van der Waals surface area contributed by atoms with Gasteiger partial charge in [0, 0.05) is 17.4 Å². The second-order valence-electron chi connectivity index (χ2n) is 8.21. The minimum Gasteiger partial charge on any atom is -0.458 e. The van der Waals surface area contributed by atoms with Crippen LogP contribution in [0.15, 0.2) is 54.9 Å². The average Bonchev–Trinajstić information content (AvgIpc) is 3.41. The van der Waals surface area contributed by atoms with Gasteiger partial charge in [-0.3, -0.25) is 0 Å². The maximum Gasteiger partial charge on any atom is 0.320 e. The zero-order valence-corrected chi connectivity index (χ0v) is 18.1. The normalized spacial score (nSPS) is 11.6. The smallest absolute Gasteiger partial charge is 0.320 e. The lowest BCUT2D eigenvalue weighted by Crippen LogP contribution is -2.14. The number of rotatable bonds is 6. The molecule has 0 unspecified atom stereocenters. The van der Waals surface area contributed by atoms with Crippen LogP contribution in [0.25, 0.3) is 11.4 Å². The SMILES string of the molecule is CCc1ncn(-c2cccc(COc3nc(C(C)(C)C)nn3-c3ccccc3)c2F)n1. The van der Waals surface area contributed by atoms with E-state index in [2.05, 4.69) is 20.2 Å². The summed E-state index contributed by atoms with van der Waals surface area (Å²) in [5, 5.41) is 8.93. The summed E-state index contributed by atoms with van der Waals surface area (Å²) in [6, 6.07) is 15.0. The van der Waals surface area contributed by atoms with Gasteiger partial charge in [0.1, 0.15) is 18.6 Å². The van der Waals surface area contributed by atoms with E-state index in [1.54, 1.807) is 22.9 Å². The fourth-order valence-electron chi connectivity index (χ4n) is 3.02. The second kappa shape index (κ2) is 8.29. The van der Waals surface area contributed by atoms with Crippen LogP contribution in [0.1, 0.15) is 44.9 Å². The molecule has 4 rings (SSSR count). The molecular weight excluding hydrogens is 395 g/mol. The lowest BCUT2D eigenvalue weighted by Gasteiger charge is -2.11. The molecule has 0 aliphatic carbocycles. The summed E-state index contributed by atoms with van der Waals surface area (Å²) in [4.78, 5) is 8.76. The number of aromatic nitrogens is 6. The summed E-state index contributed by atoms with van der Waals surface area (Å²) in [7, 11) is 0. The Balaban J connectivity index is 1.64. The molecule has 2 aromatic heterocycles. The van der Waals surface area contributed by atoms with Gasteiger partial charge in [0.15, 0.2) is 17.5 Å². The standard InChI is InChI=1S/C23H25FN6O/c1-5-19-25-15-29(27-19)18-13-9-10-16(20(18)24)14-31-22-26-21(23(2,3)4)28-30(22)17-11-7-6-8-12-17/h6-13,15H,5,14H2,1-4H3. The van der Waals surface area contributed by atoms with Crippen molar-refractivity contribution in [3.63, 3.8) is 0 Å². The molecule has 0 radical (unpaired) electrons. The number of ether oxygens (including phenoxy) is 1. The van der Waals surface area contributed by atoms with Crippen molar-refractivity contribution in [3.05, 3.63) is 77.9 Å². The lowest BCUT2D eigenvalue weighted by atomic mass is 9.96. The van der Waals surface area contributed by atoms with E-state index >= 15 is 4.39 Å². The quantitative estimate of drug-likeness (QED) is 0.462. The third-order valence-corrected chi connectivity index (χ3v) is 4.77. The van der Waals surface area contributed by atoms with Crippen molar-refractivity contribution in [2.75, 3.05) is 0 Å². The predicted octanol–water partition coefficient (Wildman–Crippen LogP) is 4.43. The van der Waals surface area contributed by atoms with Gasteiger partial charge in [-0.2, -0.15) is 14.8 Å². The third-order valence-electron chi connectivity index (χ3n) is 4.77. The van der Waals surface area contributed by atoms with E-state index in [1.165, 1.54) is 11.0 Å². The van der Waals surface area contributed by atoms with E-state index in [0.29, 0.717) is 35.3 Å². The molecule has 4 aromatic rings. The molecule has 2 heterocycles. The molecule has 0 bridgehead atoms. The number of aryl methyl sites for hydroxylation is 1. The Bertz CT molecular complexity index is 1180. The summed E-state index contributed by atoms with van der Waals surface area (Å²) < 4.78 is 24.2. The Kier molecular flexibility index (Phi) is 5.54. The first-order valence-corrected chi connectivity index (χ1v) is 10.2. The van der Waals surface area contributed by atoms with Crippen molar-refractivity contribution in [2.24, 2.45) is 0 Å². The molecule has 0 saturated heterocycles. The van der Waals surface area contributed by atoms with Crippen LogP contribution >= 0.6 is 0 Å². The fourth-order valence-corrected chi connectivity index (χ4v) is 3.02. The lowest BCUT2D eigenvalue weighted by molar-refractivity contribution is 0.268. The van der Waals surface area contributed by atoms with Crippen LogP contribution in [-0.4, -0.2) is 29.5 Å².